The predicted octanol–water partition coefficient (Wildman–Crippen LogP) is 3.65. The van der Waals surface area contributed by atoms with E-state index in [-0.39, 0.29) is 6.04 Å². The van der Waals surface area contributed by atoms with E-state index in [4.69, 9.17) is 15.2 Å². The van der Waals surface area contributed by atoms with Crippen LogP contribution in [0, 0.1) is 0 Å². The van der Waals surface area contributed by atoms with E-state index >= 15 is 0 Å². The van der Waals surface area contributed by atoms with E-state index in [1.54, 1.807) is 7.11 Å². The van der Waals surface area contributed by atoms with Crippen LogP contribution in [0.3, 0.4) is 0 Å². The molecule has 0 aliphatic rings. The first-order valence-corrected chi connectivity index (χ1v) is 6.30. The van der Waals surface area contributed by atoms with E-state index in [2.05, 4.69) is 0 Å². The van der Waals surface area contributed by atoms with Gasteiger partial charge < -0.3 is 15.2 Å². The molecule has 0 spiro atoms. The van der Waals surface area contributed by atoms with Crippen molar-refractivity contribution >= 4 is 0 Å². The molecule has 0 aliphatic carbocycles. The van der Waals surface area contributed by atoms with Crippen molar-refractivity contribution in [3.63, 3.8) is 0 Å². The molecule has 0 heterocycles. The van der Waals surface area contributed by atoms with Crippen LogP contribution in [-0.4, -0.2) is 7.11 Å². The van der Waals surface area contributed by atoms with Crippen molar-refractivity contribution in [3.05, 3.63) is 59.7 Å². The molecule has 0 aromatic heterocycles. The van der Waals surface area contributed by atoms with Crippen LogP contribution in [0.15, 0.2) is 48.5 Å². The van der Waals surface area contributed by atoms with Crippen LogP contribution in [-0.2, 0) is 11.3 Å². The molecule has 1 atom stereocenters. The highest BCUT2D eigenvalue weighted by Crippen LogP contribution is 2.24. The molecule has 19 heavy (non-hydrogen) atoms. The summed E-state index contributed by atoms with van der Waals surface area (Å²) >= 11 is 0. The Morgan fingerprint density at radius 3 is 2.42 bits per heavy atom. The fourth-order valence-corrected chi connectivity index (χ4v) is 1.86. The lowest BCUT2D eigenvalue weighted by Crippen LogP contribution is -2.04. The fourth-order valence-electron chi connectivity index (χ4n) is 1.86. The average Bonchev–Trinajstić information content (AvgIpc) is 2.40. The molecule has 100 valence electrons. The Hall–Kier alpha value is -1.84. The van der Waals surface area contributed by atoms with Crippen molar-refractivity contribution < 1.29 is 9.47 Å². The Bertz CT molecular complexity index is 538. The Balaban J connectivity index is 2.16. The highest BCUT2D eigenvalue weighted by Gasteiger charge is 2.03. The second-order valence-corrected chi connectivity index (χ2v) is 4.54. The molecule has 2 aromatic carbocycles. The van der Waals surface area contributed by atoms with Gasteiger partial charge >= 0.3 is 0 Å². The molecule has 1 unspecified atom stereocenters. The third-order valence-electron chi connectivity index (χ3n) is 2.83. The van der Waals surface area contributed by atoms with Gasteiger partial charge in [0.05, 0.1) is 6.61 Å². The zero-order chi connectivity index (χ0) is 13.7. The van der Waals surface area contributed by atoms with Gasteiger partial charge in [0.25, 0.3) is 0 Å². The average molecular weight is 257 g/mol. The van der Waals surface area contributed by atoms with Gasteiger partial charge in [-0.1, -0.05) is 24.3 Å². The molecule has 3 heteroatoms. The maximum atomic E-state index is 5.87. The molecule has 0 saturated heterocycles. The van der Waals surface area contributed by atoms with Gasteiger partial charge in [-0.05, 0) is 42.3 Å². The fraction of sp³-hybridized carbons (Fsp3) is 0.250. The maximum absolute atomic E-state index is 5.87. The van der Waals surface area contributed by atoms with Gasteiger partial charge in [0.15, 0.2) is 0 Å². The first kappa shape index (κ1) is 13.6. The largest absolute Gasteiger partial charge is 0.457 e. The van der Waals surface area contributed by atoms with Gasteiger partial charge in [0.1, 0.15) is 11.5 Å². The third kappa shape index (κ3) is 3.81. The second kappa shape index (κ2) is 6.36. The Labute approximate surface area is 114 Å². The topological polar surface area (TPSA) is 44.5 Å². The summed E-state index contributed by atoms with van der Waals surface area (Å²) in [6, 6.07) is 15.7. The number of methoxy groups -OCH3 is 1. The molecule has 0 aliphatic heterocycles. The number of nitrogens with two attached hydrogens (primary N) is 1. The van der Waals surface area contributed by atoms with Gasteiger partial charge in [-0.3, -0.25) is 0 Å². The standard InChI is InChI=1S/C16H19NO2/c1-12(17)14-6-4-8-16(10-14)19-15-7-3-5-13(9-15)11-18-2/h3-10,12H,11,17H2,1-2H3. The quantitative estimate of drug-likeness (QED) is 0.889. The van der Waals surface area contributed by atoms with Crippen molar-refractivity contribution in [3.8, 4) is 11.5 Å². The predicted molar refractivity (Wildman–Crippen MR) is 76.3 cm³/mol. The summed E-state index contributed by atoms with van der Waals surface area (Å²) in [6.07, 6.45) is 0. The molecule has 0 radical (unpaired) electrons. The van der Waals surface area contributed by atoms with Crippen LogP contribution in [0.2, 0.25) is 0 Å². The van der Waals surface area contributed by atoms with Crippen molar-refractivity contribution in [1.82, 2.24) is 0 Å². The summed E-state index contributed by atoms with van der Waals surface area (Å²) in [4.78, 5) is 0. The summed E-state index contributed by atoms with van der Waals surface area (Å²) in [7, 11) is 1.68. The van der Waals surface area contributed by atoms with Crippen molar-refractivity contribution in [2.75, 3.05) is 7.11 Å². The summed E-state index contributed by atoms with van der Waals surface area (Å²) in [6.45, 7) is 2.54. The van der Waals surface area contributed by atoms with Gasteiger partial charge in [0.2, 0.25) is 0 Å². The van der Waals surface area contributed by atoms with Crippen LogP contribution in [0.25, 0.3) is 0 Å². The lowest BCUT2D eigenvalue weighted by Gasteiger charge is -2.10. The molecular weight excluding hydrogens is 238 g/mol. The minimum absolute atomic E-state index is 0.00313. The van der Waals surface area contributed by atoms with E-state index in [0.717, 1.165) is 22.6 Å². The Morgan fingerprint density at radius 1 is 1.05 bits per heavy atom. The number of hydrogen-bond donors (Lipinski definition) is 1. The van der Waals surface area contributed by atoms with Crippen molar-refractivity contribution in [2.45, 2.75) is 19.6 Å². The summed E-state index contributed by atoms with van der Waals surface area (Å²) in [5.74, 6) is 1.60. The van der Waals surface area contributed by atoms with Crippen molar-refractivity contribution in [1.29, 1.82) is 0 Å². The molecule has 2 N–H and O–H groups in total. The monoisotopic (exact) mass is 257 g/mol. The molecule has 3 nitrogen and oxygen atoms in total. The smallest absolute Gasteiger partial charge is 0.127 e. The highest BCUT2D eigenvalue weighted by atomic mass is 16.5. The van der Waals surface area contributed by atoms with Crippen molar-refractivity contribution in [2.24, 2.45) is 5.73 Å². The second-order valence-electron chi connectivity index (χ2n) is 4.54. The summed E-state index contributed by atoms with van der Waals surface area (Å²) < 4.78 is 11.0. The molecular formula is C16H19NO2. The van der Waals surface area contributed by atoms with E-state index in [1.165, 1.54) is 0 Å². The lowest BCUT2D eigenvalue weighted by atomic mass is 10.1. The highest BCUT2D eigenvalue weighted by molar-refractivity contribution is 5.36. The Morgan fingerprint density at radius 2 is 1.74 bits per heavy atom. The number of rotatable bonds is 5. The normalized spacial score (nSPS) is 12.2. The SMILES string of the molecule is COCc1cccc(Oc2cccc(C(C)N)c2)c1. The zero-order valence-electron chi connectivity index (χ0n) is 11.3. The van der Waals surface area contributed by atoms with Crippen LogP contribution in [0.4, 0.5) is 0 Å². The first-order valence-electron chi connectivity index (χ1n) is 6.30. The zero-order valence-corrected chi connectivity index (χ0v) is 11.3. The number of ether oxygens (including phenoxy) is 2. The van der Waals surface area contributed by atoms with Crippen LogP contribution in [0.1, 0.15) is 24.1 Å². The molecule has 0 amide bonds. The summed E-state index contributed by atoms with van der Waals surface area (Å²) in [5, 5.41) is 0. The Kier molecular flexibility index (Phi) is 4.55. The van der Waals surface area contributed by atoms with Crippen LogP contribution >= 0.6 is 0 Å². The third-order valence-corrected chi connectivity index (χ3v) is 2.83. The summed E-state index contributed by atoms with van der Waals surface area (Å²) in [5.41, 5.74) is 8.01. The minimum Gasteiger partial charge on any atom is -0.457 e. The van der Waals surface area contributed by atoms with E-state index < -0.39 is 0 Å². The lowest BCUT2D eigenvalue weighted by molar-refractivity contribution is 0.184. The molecule has 2 rings (SSSR count). The van der Waals surface area contributed by atoms with Crippen LogP contribution in [0.5, 0.6) is 11.5 Å². The van der Waals surface area contributed by atoms with Crippen LogP contribution < -0.4 is 10.5 Å². The molecule has 0 saturated carbocycles. The number of benzene rings is 2. The van der Waals surface area contributed by atoms with E-state index in [9.17, 15) is 0 Å². The maximum Gasteiger partial charge on any atom is 0.127 e. The first-order chi connectivity index (χ1) is 9.19. The van der Waals surface area contributed by atoms with Gasteiger partial charge in [0, 0.05) is 13.2 Å². The minimum atomic E-state index is 0.00313. The van der Waals surface area contributed by atoms with E-state index in [1.807, 2.05) is 55.5 Å². The molecule has 0 fully saturated rings. The van der Waals surface area contributed by atoms with Gasteiger partial charge in [-0.2, -0.15) is 0 Å². The number of hydrogen-bond acceptors (Lipinski definition) is 3. The molecule has 2 aromatic rings. The van der Waals surface area contributed by atoms with Gasteiger partial charge in [-0.15, -0.1) is 0 Å². The molecule has 0 bridgehead atoms. The van der Waals surface area contributed by atoms with E-state index in [0.29, 0.717) is 6.61 Å². The van der Waals surface area contributed by atoms with Gasteiger partial charge in [-0.25, -0.2) is 0 Å².